The number of alkyl carbamates (subject to hydrolysis) is 1. The number of cyclic esters (lactones) is 1. The summed E-state index contributed by atoms with van der Waals surface area (Å²) in [5, 5.41) is 2.81. The van der Waals surface area contributed by atoms with Crippen molar-refractivity contribution in [2.24, 2.45) is 5.92 Å². The number of likely N-dealkylation sites (tertiary alicyclic amines) is 1. The second-order valence-corrected chi connectivity index (χ2v) is 8.09. The van der Waals surface area contributed by atoms with Crippen LogP contribution in [0.5, 0.6) is 5.75 Å². The zero-order valence-corrected chi connectivity index (χ0v) is 15.7. The predicted octanol–water partition coefficient (Wildman–Crippen LogP) is 3.19. The van der Waals surface area contributed by atoms with Gasteiger partial charge in [-0.3, -0.25) is 4.79 Å². The first-order valence-corrected chi connectivity index (χ1v) is 9.64. The molecule has 0 bridgehead atoms. The third kappa shape index (κ3) is 3.64. The van der Waals surface area contributed by atoms with Gasteiger partial charge < -0.3 is 19.7 Å². The number of amides is 2. The van der Waals surface area contributed by atoms with Gasteiger partial charge in [-0.25, -0.2) is 4.79 Å². The van der Waals surface area contributed by atoms with Gasteiger partial charge in [0.1, 0.15) is 12.4 Å². The molecule has 4 rings (SSSR count). The van der Waals surface area contributed by atoms with Crippen molar-refractivity contribution in [3.05, 3.63) is 29.3 Å². The number of aryl methyl sites for hydroxylation is 1. The lowest BCUT2D eigenvalue weighted by atomic mass is 9.68. The molecule has 0 atom stereocenters. The Morgan fingerprint density at radius 1 is 1.32 bits per heavy atom. The highest BCUT2D eigenvalue weighted by Crippen LogP contribution is 2.42. The van der Waals surface area contributed by atoms with Crippen LogP contribution in [0.1, 0.15) is 42.7 Å². The van der Waals surface area contributed by atoms with Crippen molar-refractivity contribution in [3.8, 4) is 5.75 Å². The molecule has 1 N–H and O–H groups in total. The lowest BCUT2D eigenvalue weighted by molar-refractivity contribution is -0.142. The molecule has 1 saturated carbocycles. The summed E-state index contributed by atoms with van der Waals surface area (Å²) in [6.07, 6.45) is 2.44. The molecule has 0 aromatic heterocycles. The minimum absolute atomic E-state index is 0.0658. The molecular formula is C20H24F2N2O4. The van der Waals surface area contributed by atoms with Gasteiger partial charge >= 0.3 is 12.7 Å². The number of carbonyl (C=O) groups is 2. The second-order valence-electron chi connectivity index (χ2n) is 8.09. The van der Waals surface area contributed by atoms with Gasteiger partial charge in [-0.1, -0.05) is 12.1 Å². The Morgan fingerprint density at radius 3 is 2.64 bits per heavy atom. The van der Waals surface area contributed by atoms with E-state index < -0.39 is 12.7 Å². The molecule has 2 amide bonds. The quantitative estimate of drug-likeness (QED) is 0.852. The van der Waals surface area contributed by atoms with E-state index in [1.165, 1.54) is 0 Å². The van der Waals surface area contributed by atoms with Crippen LogP contribution in [0.2, 0.25) is 0 Å². The number of halogens is 2. The average Bonchev–Trinajstić information content (AvgIpc) is 3.04. The Labute approximate surface area is 162 Å². The Balaban J connectivity index is 1.31. The molecule has 1 aromatic carbocycles. The maximum absolute atomic E-state index is 12.7. The van der Waals surface area contributed by atoms with Crippen LogP contribution in [0.15, 0.2) is 18.2 Å². The fourth-order valence-electron chi connectivity index (χ4n) is 4.56. The van der Waals surface area contributed by atoms with Crippen molar-refractivity contribution >= 4 is 12.0 Å². The van der Waals surface area contributed by atoms with Crippen molar-refractivity contribution in [1.82, 2.24) is 10.2 Å². The predicted molar refractivity (Wildman–Crippen MR) is 96.3 cm³/mol. The van der Waals surface area contributed by atoms with Crippen LogP contribution in [0.3, 0.4) is 0 Å². The van der Waals surface area contributed by atoms with Crippen molar-refractivity contribution in [1.29, 1.82) is 0 Å². The third-order valence-electron chi connectivity index (χ3n) is 6.18. The molecule has 152 valence electrons. The first-order chi connectivity index (χ1) is 13.3. The molecule has 3 aliphatic rings. The molecule has 0 unspecified atom stereocenters. The Kier molecular flexibility index (Phi) is 4.89. The van der Waals surface area contributed by atoms with Crippen LogP contribution < -0.4 is 10.1 Å². The van der Waals surface area contributed by atoms with E-state index >= 15 is 0 Å². The zero-order chi connectivity index (χ0) is 19.9. The molecule has 2 aliphatic heterocycles. The molecule has 1 aliphatic carbocycles. The highest BCUT2D eigenvalue weighted by atomic mass is 19.3. The number of alkyl halides is 2. The van der Waals surface area contributed by atoms with E-state index in [1.54, 1.807) is 19.1 Å². The summed E-state index contributed by atoms with van der Waals surface area (Å²) in [6, 6.07) is 5.45. The van der Waals surface area contributed by atoms with Crippen LogP contribution in [-0.2, 0) is 9.53 Å². The number of hydrogen-bond donors (Lipinski definition) is 1. The molecule has 8 heteroatoms. The van der Waals surface area contributed by atoms with Crippen molar-refractivity contribution in [2.75, 3.05) is 19.7 Å². The van der Waals surface area contributed by atoms with Crippen LogP contribution in [0, 0.1) is 12.8 Å². The molecule has 2 heterocycles. The summed E-state index contributed by atoms with van der Waals surface area (Å²) in [4.78, 5) is 25.8. The topological polar surface area (TPSA) is 67.9 Å². The molecule has 1 spiro atoms. The fourth-order valence-corrected chi connectivity index (χ4v) is 4.56. The van der Waals surface area contributed by atoms with E-state index in [4.69, 9.17) is 4.74 Å². The SMILES string of the molecule is Cc1ccc(C2CCN(C(=O)[C@H]3C[C@]4(COC(=O)N4)C3)CC2)cc1OC(F)F. The van der Waals surface area contributed by atoms with Crippen molar-refractivity contribution in [2.45, 2.75) is 50.7 Å². The second kappa shape index (κ2) is 7.22. The highest BCUT2D eigenvalue weighted by molar-refractivity contribution is 5.81. The van der Waals surface area contributed by atoms with E-state index in [0.29, 0.717) is 38.1 Å². The van der Waals surface area contributed by atoms with Crippen LogP contribution in [-0.4, -0.2) is 48.7 Å². The van der Waals surface area contributed by atoms with Crippen molar-refractivity contribution in [3.63, 3.8) is 0 Å². The lowest BCUT2D eigenvalue weighted by Gasteiger charge is -2.45. The van der Waals surface area contributed by atoms with Crippen LogP contribution in [0.4, 0.5) is 13.6 Å². The number of benzene rings is 1. The summed E-state index contributed by atoms with van der Waals surface area (Å²) >= 11 is 0. The lowest BCUT2D eigenvalue weighted by Crippen LogP contribution is -2.58. The van der Waals surface area contributed by atoms with Gasteiger partial charge in [-0.2, -0.15) is 8.78 Å². The largest absolute Gasteiger partial charge is 0.447 e. The summed E-state index contributed by atoms with van der Waals surface area (Å²) in [5.41, 5.74) is 1.30. The smallest absolute Gasteiger partial charge is 0.407 e. The number of ether oxygens (including phenoxy) is 2. The maximum Gasteiger partial charge on any atom is 0.407 e. The third-order valence-corrected chi connectivity index (χ3v) is 6.18. The van der Waals surface area contributed by atoms with E-state index in [-0.39, 0.29) is 29.0 Å². The van der Waals surface area contributed by atoms with E-state index in [1.807, 2.05) is 11.0 Å². The van der Waals surface area contributed by atoms with Gasteiger partial charge in [0.2, 0.25) is 5.91 Å². The van der Waals surface area contributed by atoms with Gasteiger partial charge in [0.15, 0.2) is 0 Å². The summed E-state index contributed by atoms with van der Waals surface area (Å²) in [6.45, 7) is 0.540. The zero-order valence-electron chi connectivity index (χ0n) is 15.7. The van der Waals surface area contributed by atoms with Crippen molar-refractivity contribution < 1.29 is 27.8 Å². The number of hydrogen-bond acceptors (Lipinski definition) is 4. The normalized spacial score (nSPS) is 27.5. The molecule has 2 saturated heterocycles. The molecule has 28 heavy (non-hydrogen) atoms. The number of nitrogens with one attached hydrogen (secondary N) is 1. The molecule has 6 nitrogen and oxygen atoms in total. The van der Waals surface area contributed by atoms with Gasteiger partial charge in [0.25, 0.3) is 0 Å². The van der Waals surface area contributed by atoms with E-state index in [2.05, 4.69) is 10.1 Å². The van der Waals surface area contributed by atoms with Gasteiger partial charge in [-0.05, 0) is 55.7 Å². The van der Waals surface area contributed by atoms with Gasteiger partial charge in [-0.15, -0.1) is 0 Å². The summed E-state index contributed by atoms with van der Waals surface area (Å²) < 4.78 is 34.7. The molecule has 3 fully saturated rings. The number of piperidine rings is 1. The van der Waals surface area contributed by atoms with Gasteiger partial charge in [0, 0.05) is 19.0 Å². The highest BCUT2D eigenvalue weighted by Gasteiger charge is 2.53. The Hall–Kier alpha value is -2.38. The molecule has 0 radical (unpaired) electrons. The Bertz CT molecular complexity index is 771. The first-order valence-electron chi connectivity index (χ1n) is 9.64. The van der Waals surface area contributed by atoms with E-state index in [9.17, 15) is 18.4 Å². The maximum atomic E-state index is 12.7. The van der Waals surface area contributed by atoms with Crippen LogP contribution >= 0.6 is 0 Å². The van der Waals surface area contributed by atoms with Gasteiger partial charge in [0.05, 0.1) is 5.54 Å². The standard InChI is InChI=1S/C20H24F2N2O4/c1-12-2-3-14(8-16(12)28-18(21)22)13-4-6-24(7-5-13)17(25)15-9-20(10-15)11-27-19(26)23-20/h2-3,8,13,15,18H,4-7,9-11H2,1H3,(H,23,26)/t15-,20+. The summed E-state index contributed by atoms with van der Waals surface area (Å²) in [7, 11) is 0. The number of rotatable bonds is 4. The minimum Gasteiger partial charge on any atom is -0.447 e. The minimum atomic E-state index is -2.84. The van der Waals surface area contributed by atoms with Crippen LogP contribution in [0.25, 0.3) is 0 Å². The molecular weight excluding hydrogens is 370 g/mol. The van der Waals surface area contributed by atoms with E-state index in [0.717, 1.165) is 18.4 Å². The average molecular weight is 394 g/mol. The first kappa shape index (κ1) is 19.0. The monoisotopic (exact) mass is 394 g/mol. The summed E-state index contributed by atoms with van der Waals surface area (Å²) in [5.74, 6) is 0.506. The number of nitrogens with zero attached hydrogens (tertiary/aromatic N) is 1. The number of carbonyl (C=O) groups excluding carboxylic acids is 2. The molecule has 1 aromatic rings. The fraction of sp³-hybridized carbons (Fsp3) is 0.600. The Morgan fingerprint density at radius 2 is 2.04 bits per heavy atom.